The van der Waals surface area contributed by atoms with E-state index in [1.807, 2.05) is 22.9 Å². The molecule has 1 atom stereocenters. The van der Waals surface area contributed by atoms with E-state index in [0.717, 1.165) is 11.1 Å². The maximum Gasteiger partial charge on any atom is 0.294 e. The summed E-state index contributed by atoms with van der Waals surface area (Å²) in [6, 6.07) is 6.58. The van der Waals surface area contributed by atoms with E-state index in [4.69, 9.17) is 0 Å². The van der Waals surface area contributed by atoms with Crippen molar-refractivity contribution in [2.45, 2.75) is 13.0 Å². The number of aromatic amines is 1. The third-order valence-electron chi connectivity index (χ3n) is 4.13. The summed E-state index contributed by atoms with van der Waals surface area (Å²) >= 11 is 1.47. The number of imidazole rings is 1. The lowest BCUT2D eigenvalue weighted by atomic mass is 9.99. The van der Waals surface area contributed by atoms with E-state index in [-0.39, 0.29) is 11.4 Å². The van der Waals surface area contributed by atoms with Crippen LogP contribution >= 0.6 is 11.3 Å². The van der Waals surface area contributed by atoms with Crippen molar-refractivity contribution in [3.05, 3.63) is 58.2 Å². The van der Waals surface area contributed by atoms with Crippen LogP contribution in [-0.2, 0) is 9.59 Å². The summed E-state index contributed by atoms with van der Waals surface area (Å²) < 4.78 is 0. The first-order valence-electron chi connectivity index (χ1n) is 7.31. The van der Waals surface area contributed by atoms with Gasteiger partial charge in [-0.1, -0.05) is 0 Å². The standard InChI is InChI=1S/C17H13N3O3S/c1-9(21)14-15(10-4-5-24-7-10)20(17(23)16(14)22)11-2-3-12-13(6-11)19-8-18-12/h2-8,15,22H,1H3,(H,18,19). The van der Waals surface area contributed by atoms with Crippen LogP contribution < -0.4 is 4.90 Å². The van der Waals surface area contributed by atoms with E-state index < -0.39 is 17.7 Å². The van der Waals surface area contributed by atoms with Gasteiger partial charge in [-0.3, -0.25) is 14.5 Å². The fraction of sp³-hybridized carbons (Fsp3) is 0.118. The average molecular weight is 339 g/mol. The van der Waals surface area contributed by atoms with E-state index in [1.54, 1.807) is 18.5 Å². The third-order valence-corrected chi connectivity index (χ3v) is 4.83. The Kier molecular flexibility index (Phi) is 3.24. The third kappa shape index (κ3) is 2.05. The van der Waals surface area contributed by atoms with Gasteiger partial charge in [-0.2, -0.15) is 11.3 Å². The van der Waals surface area contributed by atoms with Crippen molar-refractivity contribution >= 4 is 39.7 Å². The number of ketones is 1. The number of aliphatic hydroxyl groups excluding tert-OH is 1. The van der Waals surface area contributed by atoms with Crippen molar-refractivity contribution in [2.24, 2.45) is 0 Å². The van der Waals surface area contributed by atoms with Crippen molar-refractivity contribution in [3.8, 4) is 0 Å². The van der Waals surface area contributed by atoms with Gasteiger partial charge in [0, 0.05) is 5.69 Å². The summed E-state index contributed by atoms with van der Waals surface area (Å²) in [7, 11) is 0. The van der Waals surface area contributed by atoms with Crippen molar-refractivity contribution in [1.82, 2.24) is 9.97 Å². The number of hydrogen-bond donors (Lipinski definition) is 2. The van der Waals surface area contributed by atoms with Gasteiger partial charge < -0.3 is 10.1 Å². The molecule has 0 bridgehead atoms. The fourth-order valence-corrected chi connectivity index (χ4v) is 3.73. The van der Waals surface area contributed by atoms with Gasteiger partial charge in [0.2, 0.25) is 0 Å². The lowest BCUT2D eigenvalue weighted by molar-refractivity contribution is -0.117. The van der Waals surface area contributed by atoms with Crippen LogP contribution in [0.15, 0.2) is 52.7 Å². The molecule has 0 fully saturated rings. The molecule has 24 heavy (non-hydrogen) atoms. The van der Waals surface area contributed by atoms with Gasteiger partial charge in [0.1, 0.15) is 0 Å². The number of nitrogens with zero attached hydrogens (tertiary/aromatic N) is 2. The first kappa shape index (κ1) is 14.6. The highest BCUT2D eigenvalue weighted by Crippen LogP contribution is 2.41. The number of anilines is 1. The molecule has 1 amide bonds. The molecule has 0 saturated carbocycles. The van der Waals surface area contributed by atoms with Gasteiger partial charge in [-0.25, -0.2) is 4.98 Å². The van der Waals surface area contributed by atoms with Crippen molar-refractivity contribution in [3.63, 3.8) is 0 Å². The number of thiophene rings is 1. The van der Waals surface area contributed by atoms with Gasteiger partial charge in [0.25, 0.3) is 5.91 Å². The van der Waals surface area contributed by atoms with E-state index >= 15 is 0 Å². The highest BCUT2D eigenvalue weighted by atomic mass is 32.1. The highest BCUT2D eigenvalue weighted by Gasteiger charge is 2.43. The van der Waals surface area contributed by atoms with Gasteiger partial charge in [0.05, 0.1) is 29.0 Å². The van der Waals surface area contributed by atoms with E-state index in [2.05, 4.69) is 9.97 Å². The number of hydrogen-bond acceptors (Lipinski definition) is 5. The Morgan fingerprint density at radius 1 is 1.38 bits per heavy atom. The zero-order valence-corrected chi connectivity index (χ0v) is 13.5. The number of carbonyl (C=O) groups excluding carboxylic acids is 2. The number of Topliss-reactive ketones (excluding diaryl/α,β-unsaturated/α-hetero) is 1. The molecule has 2 aromatic heterocycles. The maximum atomic E-state index is 12.6. The average Bonchev–Trinajstić information content (AvgIpc) is 3.27. The zero-order chi connectivity index (χ0) is 16.8. The van der Waals surface area contributed by atoms with Crippen LogP contribution in [0, 0.1) is 0 Å². The van der Waals surface area contributed by atoms with Crippen LogP contribution in [-0.4, -0.2) is 26.8 Å². The predicted molar refractivity (Wildman–Crippen MR) is 91.0 cm³/mol. The van der Waals surface area contributed by atoms with Crippen LogP contribution in [0.25, 0.3) is 11.0 Å². The topological polar surface area (TPSA) is 86.3 Å². The normalized spacial score (nSPS) is 18.0. The molecule has 3 heterocycles. The molecule has 3 aromatic rings. The monoisotopic (exact) mass is 339 g/mol. The number of H-pyrrole nitrogens is 1. The van der Waals surface area contributed by atoms with Gasteiger partial charge in [0.15, 0.2) is 11.5 Å². The Balaban J connectivity index is 1.89. The van der Waals surface area contributed by atoms with Gasteiger partial charge >= 0.3 is 0 Å². The van der Waals surface area contributed by atoms with Crippen LogP contribution in [0.5, 0.6) is 0 Å². The van der Waals surface area contributed by atoms with Gasteiger partial charge in [-0.15, -0.1) is 0 Å². The first-order chi connectivity index (χ1) is 11.6. The molecule has 1 aliphatic rings. The predicted octanol–water partition coefficient (Wildman–Crippen LogP) is 3.11. The van der Waals surface area contributed by atoms with Crippen LogP contribution in [0.3, 0.4) is 0 Å². The SMILES string of the molecule is CC(=O)C1=C(O)C(=O)N(c2ccc3[nH]cnc3c2)C1c1ccsc1. The summed E-state index contributed by atoms with van der Waals surface area (Å²) in [6.07, 6.45) is 1.58. The van der Waals surface area contributed by atoms with Crippen molar-refractivity contribution < 1.29 is 14.7 Å². The molecule has 2 N–H and O–H groups in total. The maximum absolute atomic E-state index is 12.6. The highest BCUT2D eigenvalue weighted by molar-refractivity contribution is 7.08. The number of benzene rings is 1. The van der Waals surface area contributed by atoms with Gasteiger partial charge in [-0.05, 0) is 47.5 Å². The molecule has 1 aromatic carbocycles. The molecular weight excluding hydrogens is 326 g/mol. The van der Waals surface area contributed by atoms with E-state index in [0.29, 0.717) is 11.2 Å². The number of aliphatic hydroxyl groups is 1. The molecule has 0 spiro atoms. The lowest BCUT2D eigenvalue weighted by Gasteiger charge is -2.25. The number of amides is 1. The second kappa shape index (κ2) is 5.31. The Bertz CT molecular complexity index is 988. The number of carbonyl (C=O) groups is 2. The molecule has 120 valence electrons. The molecule has 6 nitrogen and oxygen atoms in total. The molecule has 0 saturated heterocycles. The van der Waals surface area contributed by atoms with E-state index in [1.165, 1.54) is 23.2 Å². The smallest absolute Gasteiger partial charge is 0.294 e. The van der Waals surface area contributed by atoms with Crippen molar-refractivity contribution in [1.29, 1.82) is 0 Å². The minimum Gasteiger partial charge on any atom is -0.503 e. The molecule has 0 aliphatic carbocycles. The summed E-state index contributed by atoms with van der Waals surface area (Å²) in [5.74, 6) is -1.38. The molecule has 1 unspecified atom stereocenters. The largest absolute Gasteiger partial charge is 0.503 e. The number of nitrogens with one attached hydrogen (secondary N) is 1. The second-order valence-electron chi connectivity index (χ2n) is 5.56. The number of aromatic nitrogens is 2. The fourth-order valence-electron chi connectivity index (χ4n) is 3.05. The zero-order valence-electron chi connectivity index (χ0n) is 12.7. The summed E-state index contributed by atoms with van der Waals surface area (Å²) in [6.45, 7) is 1.36. The van der Waals surface area contributed by atoms with Crippen molar-refractivity contribution in [2.75, 3.05) is 4.90 Å². The summed E-state index contributed by atoms with van der Waals surface area (Å²) in [5.41, 5.74) is 3.06. The first-order valence-corrected chi connectivity index (χ1v) is 8.25. The minimum atomic E-state index is -0.627. The van der Waals surface area contributed by atoms with Crippen LogP contribution in [0.2, 0.25) is 0 Å². The van der Waals surface area contributed by atoms with Crippen LogP contribution in [0.4, 0.5) is 5.69 Å². The molecular formula is C17H13N3O3S. The molecule has 7 heteroatoms. The molecule has 4 rings (SSSR count). The van der Waals surface area contributed by atoms with E-state index in [9.17, 15) is 14.7 Å². The molecule has 0 radical (unpaired) electrons. The second-order valence-corrected chi connectivity index (χ2v) is 6.34. The number of rotatable bonds is 3. The minimum absolute atomic E-state index is 0.125. The lowest BCUT2D eigenvalue weighted by Crippen LogP contribution is -2.30. The Morgan fingerprint density at radius 2 is 2.21 bits per heavy atom. The Morgan fingerprint density at radius 3 is 2.92 bits per heavy atom. The quantitative estimate of drug-likeness (QED) is 0.768. The number of fused-ring (bicyclic) bond motifs is 1. The molecule has 1 aliphatic heterocycles. The summed E-state index contributed by atoms with van der Waals surface area (Å²) in [5, 5.41) is 14.0. The Hall–Kier alpha value is -2.93. The van der Waals surface area contributed by atoms with Crippen LogP contribution in [0.1, 0.15) is 18.5 Å². The Labute approximate surface area is 141 Å². The summed E-state index contributed by atoms with van der Waals surface area (Å²) in [4.78, 5) is 33.3.